The predicted molar refractivity (Wildman–Crippen MR) is 97.9 cm³/mol. The molecule has 1 fully saturated rings. The molecular weight excluding hydrogens is 366 g/mol. The van der Waals surface area contributed by atoms with Crippen LogP contribution in [0.5, 0.6) is 0 Å². The van der Waals surface area contributed by atoms with Crippen LogP contribution in [-0.2, 0) is 11.3 Å². The van der Waals surface area contributed by atoms with Crippen molar-refractivity contribution < 1.29 is 18.4 Å². The Morgan fingerprint density at radius 2 is 2.07 bits per heavy atom. The number of hydrogen-bond acceptors (Lipinski definition) is 3. The maximum atomic E-state index is 13.0. The van der Waals surface area contributed by atoms with Crippen molar-refractivity contribution in [2.45, 2.75) is 50.7 Å². The third kappa shape index (κ3) is 3.76. The first-order valence-electron chi connectivity index (χ1n) is 9.36. The first-order chi connectivity index (χ1) is 13.3. The van der Waals surface area contributed by atoms with Gasteiger partial charge in [0.1, 0.15) is 0 Å². The van der Waals surface area contributed by atoms with Crippen LogP contribution in [0.4, 0.5) is 8.78 Å². The Balaban J connectivity index is 1.45. The molecule has 1 N–H and O–H groups in total. The molecule has 1 aromatic carbocycles. The summed E-state index contributed by atoms with van der Waals surface area (Å²) in [5, 5.41) is 6.95. The van der Waals surface area contributed by atoms with Gasteiger partial charge in [0.2, 0.25) is 5.91 Å². The molecule has 2 amide bonds. The lowest BCUT2D eigenvalue weighted by Crippen LogP contribution is -2.51. The summed E-state index contributed by atoms with van der Waals surface area (Å²) in [6, 6.07) is 8.41. The summed E-state index contributed by atoms with van der Waals surface area (Å²) >= 11 is 0. The second-order valence-electron chi connectivity index (χ2n) is 7.71. The summed E-state index contributed by atoms with van der Waals surface area (Å²) in [5.41, 5.74) is 2.45. The van der Waals surface area contributed by atoms with Crippen molar-refractivity contribution in [3.8, 4) is 0 Å². The summed E-state index contributed by atoms with van der Waals surface area (Å²) in [5.74, 6) is -3.06. The molecule has 28 heavy (non-hydrogen) atoms. The zero-order valence-electron chi connectivity index (χ0n) is 15.6. The molecule has 0 unspecified atom stereocenters. The SMILES string of the molecule is Cc1cccc(C(=O)N2Cc3ccnn3[C@H](CC(=O)NC3CC(F)(F)C3)C2)c1. The number of amides is 2. The number of nitrogens with zero attached hydrogens (tertiary/aromatic N) is 3. The van der Waals surface area contributed by atoms with Gasteiger partial charge < -0.3 is 10.2 Å². The molecule has 2 heterocycles. The third-order valence-electron chi connectivity index (χ3n) is 5.31. The molecule has 0 bridgehead atoms. The lowest BCUT2D eigenvalue weighted by molar-refractivity contribution is -0.130. The highest BCUT2D eigenvalue weighted by Crippen LogP contribution is 2.37. The molecule has 8 heteroatoms. The van der Waals surface area contributed by atoms with E-state index in [4.69, 9.17) is 0 Å². The van der Waals surface area contributed by atoms with Crippen molar-refractivity contribution in [2.24, 2.45) is 0 Å². The Morgan fingerprint density at radius 3 is 2.79 bits per heavy atom. The monoisotopic (exact) mass is 388 g/mol. The fourth-order valence-electron chi connectivity index (χ4n) is 3.92. The van der Waals surface area contributed by atoms with Crippen LogP contribution < -0.4 is 5.32 Å². The molecule has 0 saturated heterocycles. The molecule has 6 nitrogen and oxygen atoms in total. The lowest BCUT2D eigenvalue weighted by Gasteiger charge is -2.37. The number of aryl methyl sites for hydroxylation is 1. The molecular formula is C20H22F2N4O2. The van der Waals surface area contributed by atoms with Crippen molar-refractivity contribution in [2.75, 3.05) is 6.54 Å². The summed E-state index contributed by atoms with van der Waals surface area (Å²) in [6.07, 6.45) is 1.12. The van der Waals surface area contributed by atoms with Gasteiger partial charge in [-0.25, -0.2) is 8.78 Å². The first-order valence-corrected chi connectivity index (χ1v) is 9.36. The van der Waals surface area contributed by atoms with E-state index in [1.165, 1.54) is 0 Å². The number of aromatic nitrogens is 2. The minimum atomic E-state index is -2.67. The number of carbonyl (C=O) groups excluding carboxylic acids is 2. The van der Waals surface area contributed by atoms with Crippen molar-refractivity contribution in [1.82, 2.24) is 20.0 Å². The molecule has 2 aromatic rings. The van der Waals surface area contributed by atoms with Gasteiger partial charge in [-0.15, -0.1) is 0 Å². The van der Waals surface area contributed by atoms with E-state index in [1.807, 2.05) is 31.2 Å². The van der Waals surface area contributed by atoms with Crippen LogP contribution in [0, 0.1) is 6.92 Å². The predicted octanol–water partition coefficient (Wildman–Crippen LogP) is 2.69. The van der Waals surface area contributed by atoms with Crippen LogP contribution in [0.2, 0.25) is 0 Å². The van der Waals surface area contributed by atoms with Gasteiger partial charge >= 0.3 is 0 Å². The highest BCUT2D eigenvalue weighted by Gasteiger charge is 2.46. The Kier molecular flexibility index (Phi) is 4.64. The van der Waals surface area contributed by atoms with Crippen molar-refractivity contribution in [3.63, 3.8) is 0 Å². The minimum Gasteiger partial charge on any atom is -0.353 e. The average molecular weight is 388 g/mol. The summed E-state index contributed by atoms with van der Waals surface area (Å²) in [4.78, 5) is 27.0. The molecule has 1 atom stereocenters. The molecule has 1 aliphatic carbocycles. The number of fused-ring (bicyclic) bond motifs is 1. The Bertz CT molecular complexity index is 903. The highest BCUT2D eigenvalue weighted by atomic mass is 19.3. The van der Waals surface area contributed by atoms with Gasteiger partial charge in [0, 0.05) is 37.2 Å². The second-order valence-corrected chi connectivity index (χ2v) is 7.71. The van der Waals surface area contributed by atoms with Gasteiger partial charge in [0.15, 0.2) is 0 Å². The normalized spacial score (nSPS) is 21.0. The standard InChI is InChI=1S/C20H22F2N4O2/c1-13-3-2-4-14(7-13)19(28)25-11-16-5-6-23-26(16)17(12-25)8-18(27)24-15-9-20(21,22)10-15/h2-7,15,17H,8-12H2,1H3,(H,24,27)/t17-/m1/s1. The molecule has 4 rings (SSSR count). The number of nitrogens with one attached hydrogen (secondary N) is 1. The molecule has 2 aliphatic rings. The van der Waals surface area contributed by atoms with Crippen LogP contribution in [-0.4, -0.2) is 45.0 Å². The number of alkyl halides is 2. The van der Waals surface area contributed by atoms with E-state index in [9.17, 15) is 18.4 Å². The number of hydrogen-bond donors (Lipinski definition) is 1. The van der Waals surface area contributed by atoms with E-state index in [1.54, 1.807) is 21.8 Å². The summed E-state index contributed by atoms with van der Waals surface area (Å²) in [6.45, 7) is 2.69. The van der Waals surface area contributed by atoms with Gasteiger partial charge in [-0.3, -0.25) is 14.3 Å². The average Bonchev–Trinajstić information content (AvgIpc) is 3.08. The highest BCUT2D eigenvalue weighted by molar-refractivity contribution is 5.94. The zero-order valence-corrected chi connectivity index (χ0v) is 15.6. The Morgan fingerprint density at radius 1 is 1.29 bits per heavy atom. The molecule has 0 spiro atoms. The van der Waals surface area contributed by atoms with E-state index in [2.05, 4.69) is 10.4 Å². The molecule has 1 saturated carbocycles. The first kappa shape index (κ1) is 18.6. The fraction of sp³-hybridized carbons (Fsp3) is 0.450. The quantitative estimate of drug-likeness (QED) is 0.876. The van der Waals surface area contributed by atoms with Crippen LogP contribution in [0.3, 0.4) is 0 Å². The van der Waals surface area contributed by atoms with Gasteiger partial charge in [0.25, 0.3) is 11.8 Å². The largest absolute Gasteiger partial charge is 0.353 e. The third-order valence-corrected chi connectivity index (χ3v) is 5.31. The summed E-state index contributed by atoms with van der Waals surface area (Å²) in [7, 11) is 0. The zero-order chi connectivity index (χ0) is 19.9. The lowest BCUT2D eigenvalue weighted by atomic mass is 9.88. The van der Waals surface area contributed by atoms with E-state index in [0.717, 1.165) is 11.3 Å². The van der Waals surface area contributed by atoms with Crippen LogP contribution >= 0.6 is 0 Å². The van der Waals surface area contributed by atoms with Crippen LogP contribution in [0.15, 0.2) is 36.5 Å². The van der Waals surface area contributed by atoms with Gasteiger partial charge in [0.05, 0.1) is 24.7 Å². The number of rotatable bonds is 4. The topological polar surface area (TPSA) is 67.2 Å². The second kappa shape index (κ2) is 7.00. The van der Waals surface area contributed by atoms with Crippen molar-refractivity contribution in [1.29, 1.82) is 0 Å². The van der Waals surface area contributed by atoms with Crippen molar-refractivity contribution >= 4 is 11.8 Å². The Hall–Kier alpha value is -2.77. The maximum absolute atomic E-state index is 13.0. The summed E-state index contributed by atoms with van der Waals surface area (Å²) < 4.78 is 27.7. The molecule has 148 valence electrons. The molecule has 0 radical (unpaired) electrons. The maximum Gasteiger partial charge on any atom is 0.254 e. The fourth-order valence-corrected chi connectivity index (χ4v) is 3.92. The molecule has 1 aromatic heterocycles. The van der Waals surface area contributed by atoms with Gasteiger partial charge in [-0.2, -0.15) is 5.10 Å². The van der Waals surface area contributed by atoms with E-state index in [-0.39, 0.29) is 37.1 Å². The van der Waals surface area contributed by atoms with E-state index >= 15 is 0 Å². The van der Waals surface area contributed by atoms with Crippen LogP contribution in [0.1, 0.15) is 46.9 Å². The van der Waals surface area contributed by atoms with Gasteiger partial charge in [-0.05, 0) is 25.1 Å². The number of carbonyl (C=O) groups is 2. The smallest absolute Gasteiger partial charge is 0.254 e. The minimum absolute atomic E-state index is 0.0916. The number of halogens is 2. The molecule has 1 aliphatic heterocycles. The number of benzene rings is 1. The van der Waals surface area contributed by atoms with Crippen LogP contribution in [0.25, 0.3) is 0 Å². The van der Waals surface area contributed by atoms with E-state index in [0.29, 0.717) is 18.7 Å². The Labute approximate surface area is 161 Å². The van der Waals surface area contributed by atoms with Gasteiger partial charge in [-0.1, -0.05) is 17.7 Å². The van der Waals surface area contributed by atoms with E-state index < -0.39 is 12.0 Å². The van der Waals surface area contributed by atoms with Crippen molar-refractivity contribution in [3.05, 3.63) is 53.3 Å².